The lowest BCUT2D eigenvalue weighted by molar-refractivity contribution is -0.386. The maximum atomic E-state index is 12.2. The molecule has 0 radical (unpaired) electrons. The summed E-state index contributed by atoms with van der Waals surface area (Å²) in [5.41, 5.74) is 1.37. The number of nitrogens with zero attached hydrogens (tertiary/aromatic N) is 1. The van der Waals surface area contributed by atoms with Gasteiger partial charge in [0.05, 0.1) is 24.7 Å². The van der Waals surface area contributed by atoms with E-state index in [9.17, 15) is 14.9 Å². The first kappa shape index (κ1) is 22.6. The Bertz CT molecular complexity index is 838. The molecule has 0 amide bonds. The van der Waals surface area contributed by atoms with E-state index in [1.54, 1.807) is 13.0 Å². The molecule has 1 atom stereocenters. The molecule has 1 heterocycles. The topological polar surface area (TPSA) is 103 Å². The van der Waals surface area contributed by atoms with Gasteiger partial charge in [-0.05, 0) is 44.1 Å². The van der Waals surface area contributed by atoms with Crippen LogP contribution in [0.1, 0.15) is 58.1 Å². The van der Waals surface area contributed by atoms with Gasteiger partial charge in [-0.2, -0.15) is 0 Å². The van der Waals surface area contributed by atoms with Crippen LogP contribution in [0.2, 0.25) is 0 Å². The number of methoxy groups -OCH3 is 1. The lowest BCUT2D eigenvalue weighted by Gasteiger charge is -2.30. The van der Waals surface area contributed by atoms with Crippen molar-refractivity contribution in [2.24, 2.45) is 0 Å². The van der Waals surface area contributed by atoms with Crippen molar-refractivity contribution in [2.75, 3.05) is 13.7 Å². The molecule has 2 rings (SSSR count). The molecule has 1 aromatic carbocycles. The summed E-state index contributed by atoms with van der Waals surface area (Å²) in [5.74, 6) is 0.184. The zero-order valence-electron chi connectivity index (χ0n) is 17.2. The summed E-state index contributed by atoms with van der Waals surface area (Å²) in [4.78, 5) is 23.4. The number of unbranched alkanes of at least 4 members (excludes halogenated alkanes) is 3. The Balaban J connectivity index is 2.45. The van der Waals surface area contributed by atoms with Crippen molar-refractivity contribution in [3.63, 3.8) is 0 Å². The molecule has 0 aliphatic carbocycles. The fraction of sp³-hybridized carbons (Fsp3) is 0.500. The third kappa shape index (κ3) is 5.44. The third-order valence-electron chi connectivity index (χ3n) is 4.70. The van der Waals surface area contributed by atoms with Crippen molar-refractivity contribution in [1.82, 2.24) is 10.6 Å². The van der Waals surface area contributed by atoms with Gasteiger partial charge in [0.15, 0.2) is 16.6 Å². The van der Waals surface area contributed by atoms with Crippen LogP contribution < -0.4 is 20.1 Å². The van der Waals surface area contributed by atoms with Crippen LogP contribution in [0, 0.1) is 10.1 Å². The van der Waals surface area contributed by atoms with E-state index in [0.717, 1.165) is 25.7 Å². The number of rotatable bonds is 10. The Kier molecular flexibility index (Phi) is 7.95. The first-order chi connectivity index (χ1) is 13.8. The van der Waals surface area contributed by atoms with E-state index in [1.165, 1.54) is 20.1 Å². The van der Waals surface area contributed by atoms with Gasteiger partial charge >= 0.3 is 5.69 Å². The second-order valence-electron chi connectivity index (χ2n) is 6.86. The predicted octanol–water partition coefficient (Wildman–Crippen LogP) is 3.94. The van der Waals surface area contributed by atoms with Gasteiger partial charge in [-0.1, -0.05) is 26.2 Å². The molecule has 0 saturated heterocycles. The van der Waals surface area contributed by atoms with Crippen LogP contribution in [0.15, 0.2) is 23.4 Å². The van der Waals surface area contributed by atoms with Crippen molar-refractivity contribution in [2.45, 2.75) is 52.5 Å². The number of carbonyl (C=O) groups is 1. The van der Waals surface area contributed by atoms with Crippen molar-refractivity contribution >= 4 is 28.8 Å². The van der Waals surface area contributed by atoms with Gasteiger partial charge in [0.2, 0.25) is 5.75 Å². The van der Waals surface area contributed by atoms with Gasteiger partial charge in [-0.25, -0.2) is 0 Å². The summed E-state index contributed by atoms with van der Waals surface area (Å²) in [5, 5.41) is 18.0. The Labute approximate surface area is 175 Å². The number of ketones is 1. The highest BCUT2D eigenvalue weighted by molar-refractivity contribution is 7.80. The van der Waals surface area contributed by atoms with Gasteiger partial charge in [0.1, 0.15) is 0 Å². The van der Waals surface area contributed by atoms with Gasteiger partial charge in [0.25, 0.3) is 0 Å². The van der Waals surface area contributed by atoms with Crippen molar-refractivity contribution in [3.05, 3.63) is 39.1 Å². The Morgan fingerprint density at radius 1 is 1.31 bits per heavy atom. The van der Waals surface area contributed by atoms with Crippen LogP contribution >= 0.6 is 12.2 Å². The SMILES string of the molecule is CCCCCCOc1c(OC)cc(C2NC(=S)NC(C)=C2C(C)=O)cc1[N+](=O)[O-]. The van der Waals surface area contributed by atoms with Crippen LogP contribution in [0.4, 0.5) is 5.69 Å². The molecule has 2 N–H and O–H groups in total. The number of carbonyl (C=O) groups excluding carboxylic acids is 1. The molecule has 0 bridgehead atoms. The molecular formula is C20H27N3O5S. The van der Waals surface area contributed by atoms with Crippen LogP contribution in [0.3, 0.4) is 0 Å². The predicted molar refractivity (Wildman–Crippen MR) is 114 cm³/mol. The summed E-state index contributed by atoms with van der Waals surface area (Å²) in [6.07, 6.45) is 3.97. The number of nitro benzene ring substituents is 1. The Morgan fingerprint density at radius 3 is 2.62 bits per heavy atom. The summed E-state index contributed by atoms with van der Waals surface area (Å²) >= 11 is 5.21. The molecule has 0 fully saturated rings. The van der Waals surface area contributed by atoms with E-state index in [1.807, 2.05) is 0 Å². The molecule has 1 aliphatic rings. The maximum Gasteiger partial charge on any atom is 0.315 e. The average molecular weight is 422 g/mol. The molecule has 0 aromatic heterocycles. The van der Waals surface area contributed by atoms with Gasteiger partial charge < -0.3 is 20.1 Å². The first-order valence-corrected chi connectivity index (χ1v) is 9.99. The second kappa shape index (κ2) is 10.2. The molecule has 8 nitrogen and oxygen atoms in total. The van der Waals surface area contributed by atoms with E-state index >= 15 is 0 Å². The van der Waals surface area contributed by atoms with Gasteiger partial charge in [0, 0.05) is 17.3 Å². The van der Waals surface area contributed by atoms with Crippen LogP contribution in [0.5, 0.6) is 11.5 Å². The fourth-order valence-electron chi connectivity index (χ4n) is 3.32. The largest absolute Gasteiger partial charge is 0.493 e. The van der Waals surface area contributed by atoms with Gasteiger partial charge in [-0.15, -0.1) is 0 Å². The quantitative estimate of drug-likeness (QED) is 0.253. The monoisotopic (exact) mass is 421 g/mol. The molecule has 0 saturated carbocycles. The number of thiocarbonyl (C=S) groups is 1. The molecule has 0 spiro atoms. The summed E-state index contributed by atoms with van der Waals surface area (Å²) in [6, 6.07) is 2.44. The van der Waals surface area contributed by atoms with Crippen LogP contribution in [0.25, 0.3) is 0 Å². The Hall–Kier alpha value is -2.68. The number of hydrogen-bond donors (Lipinski definition) is 2. The van der Waals surface area contributed by atoms with Crippen LogP contribution in [-0.2, 0) is 4.79 Å². The molecule has 29 heavy (non-hydrogen) atoms. The first-order valence-electron chi connectivity index (χ1n) is 9.58. The highest BCUT2D eigenvalue weighted by Gasteiger charge is 2.31. The number of allylic oxidation sites excluding steroid dienone is 1. The lowest BCUT2D eigenvalue weighted by atomic mass is 9.92. The normalized spacial score (nSPS) is 16.1. The number of ether oxygens (including phenoxy) is 2. The number of nitro groups is 1. The summed E-state index contributed by atoms with van der Waals surface area (Å²) in [7, 11) is 1.43. The highest BCUT2D eigenvalue weighted by atomic mass is 32.1. The molecule has 1 unspecified atom stereocenters. The maximum absolute atomic E-state index is 12.2. The van der Waals surface area contributed by atoms with E-state index in [4.69, 9.17) is 21.7 Å². The Morgan fingerprint density at radius 2 is 2.03 bits per heavy atom. The summed E-state index contributed by atoms with van der Waals surface area (Å²) in [6.45, 7) is 5.67. The van der Waals surface area contributed by atoms with Crippen molar-refractivity contribution < 1.29 is 19.2 Å². The molecule has 158 valence electrons. The van der Waals surface area contributed by atoms with E-state index in [2.05, 4.69) is 17.6 Å². The smallest absolute Gasteiger partial charge is 0.315 e. The summed E-state index contributed by atoms with van der Waals surface area (Å²) < 4.78 is 11.1. The highest BCUT2D eigenvalue weighted by Crippen LogP contribution is 2.41. The molecule has 1 aromatic rings. The van der Waals surface area contributed by atoms with Crippen molar-refractivity contribution in [1.29, 1.82) is 0 Å². The number of benzene rings is 1. The number of Topliss-reactive ketones (excluding diaryl/α,β-unsaturated/α-hetero) is 1. The van der Waals surface area contributed by atoms with E-state index < -0.39 is 11.0 Å². The zero-order valence-corrected chi connectivity index (χ0v) is 18.0. The molecule has 9 heteroatoms. The van der Waals surface area contributed by atoms with Crippen LogP contribution in [-0.4, -0.2) is 29.5 Å². The second-order valence-corrected chi connectivity index (χ2v) is 7.27. The van der Waals surface area contributed by atoms with Gasteiger partial charge in [-0.3, -0.25) is 14.9 Å². The number of hydrogen-bond acceptors (Lipinski definition) is 6. The van der Waals surface area contributed by atoms with E-state index in [-0.39, 0.29) is 23.0 Å². The minimum absolute atomic E-state index is 0.0966. The minimum atomic E-state index is -0.618. The standard InChI is InChI=1S/C20H27N3O5S/c1-5-6-7-8-9-28-19-15(23(25)26)10-14(11-16(19)27-4)18-17(13(3)24)12(2)21-20(29)22-18/h10-11,18H,5-9H2,1-4H3,(H2,21,22,29). The zero-order chi connectivity index (χ0) is 21.6. The van der Waals surface area contributed by atoms with E-state index in [0.29, 0.717) is 28.6 Å². The lowest BCUT2D eigenvalue weighted by Crippen LogP contribution is -2.44. The number of nitrogens with one attached hydrogen (secondary N) is 2. The minimum Gasteiger partial charge on any atom is -0.493 e. The van der Waals surface area contributed by atoms with Crippen molar-refractivity contribution in [3.8, 4) is 11.5 Å². The average Bonchev–Trinajstić information content (AvgIpc) is 2.66. The third-order valence-corrected chi connectivity index (χ3v) is 4.92. The fourth-order valence-corrected chi connectivity index (χ4v) is 3.59. The molecular weight excluding hydrogens is 394 g/mol. The molecule has 1 aliphatic heterocycles.